The monoisotopic (exact) mass is 761 g/mol. The van der Waals surface area contributed by atoms with Crippen LogP contribution in [0.2, 0.25) is 5.02 Å². The van der Waals surface area contributed by atoms with Gasteiger partial charge in [-0.1, -0.05) is 11.6 Å². The van der Waals surface area contributed by atoms with Gasteiger partial charge in [0.05, 0.1) is 42.8 Å². The van der Waals surface area contributed by atoms with Crippen molar-refractivity contribution in [1.29, 1.82) is 0 Å². The van der Waals surface area contributed by atoms with Gasteiger partial charge in [-0.25, -0.2) is 14.6 Å². The van der Waals surface area contributed by atoms with E-state index >= 15 is 0 Å². The van der Waals surface area contributed by atoms with E-state index in [-0.39, 0.29) is 6.42 Å². The zero-order valence-electron chi connectivity index (χ0n) is 27.8. The number of hydrogen-bond acceptors (Lipinski definition) is 11. The molecule has 21 heteroatoms. The molecule has 280 valence electrons. The summed E-state index contributed by atoms with van der Waals surface area (Å²) in [4.78, 5) is 66.6. The van der Waals surface area contributed by atoms with Crippen molar-refractivity contribution >= 4 is 58.9 Å². The molecule has 2 aromatic heterocycles. The molecule has 2 bridgehead atoms. The number of esters is 1. The number of methoxy groups -OCH3 is 1. The number of hydrogen-bond donors (Lipinski definition) is 5. The number of carboxylic acids is 1. The number of alkyl halides is 3. The molecule has 3 amide bonds. The molecule has 53 heavy (non-hydrogen) atoms. The van der Waals surface area contributed by atoms with E-state index in [2.05, 4.69) is 46.2 Å². The first-order valence-electron chi connectivity index (χ1n) is 15.5. The largest absolute Gasteiger partial charge is 0.490 e. The highest BCUT2D eigenvalue weighted by Gasteiger charge is 2.38. The number of nitrogens with zero attached hydrogens (tertiary/aromatic N) is 5. The quantitative estimate of drug-likeness (QED) is 0.131. The SMILES string of the molecule is COC(=O)Nc1ccc2c(c1)NC(=O)C[C@@H](OC(C)=O)CCCC(NC(=O)/C=C/c1cc(Cl)ccc1-n1cnnn1)c1ncc-2[nH]1.O=C(O)C(F)(F)F. The number of aromatic amines is 1. The van der Waals surface area contributed by atoms with E-state index in [1.807, 2.05) is 0 Å². The second kappa shape index (κ2) is 17.8. The summed E-state index contributed by atoms with van der Waals surface area (Å²) < 4.78 is 43.3. The Morgan fingerprint density at radius 2 is 1.89 bits per heavy atom. The first-order chi connectivity index (χ1) is 25.1. The molecule has 5 rings (SSSR count). The number of aromatic nitrogens is 6. The summed E-state index contributed by atoms with van der Waals surface area (Å²) in [5.74, 6) is -3.58. The van der Waals surface area contributed by atoms with Crippen LogP contribution in [0.3, 0.4) is 0 Å². The molecule has 3 heterocycles. The van der Waals surface area contributed by atoms with E-state index in [9.17, 15) is 32.3 Å². The Labute approximate surface area is 302 Å². The number of halogens is 4. The third kappa shape index (κ3) is 11.6. The number of imidazole rings is 1. The first-order valence-corrected chi connectivity index (χ1v) is 15.8. The van der Waals surface area contributed by atoms with Crippen molar-refractivity contribution in [2.45, 2.75) is 50.9 Å². The van der Waals surface area contributed by atoms with Gasteiger partial charge in [0.1, 0.15) is 18.3 Å². The first kappa shape index (κ1) is 39.5. The highest BCUT2D eigenvalue weighted by Crippen LogP contribution is 2.32. The molecule has 5 N–H and O–H groups in total. The van der Waals surface area contributed by atoms with Crippen molar-refractivity contribution in [3.05, 3.63) is 71.4 Å². The number of fused-ring (bicyclic) bond motifs is 4. The van der Waals surface area contributed by atoms with Gasteiger partial charge in [-0.05, 0) is 72.2 Å². The van der Waals surface area contributed by atoms with Crippen molar-refractivity contribution in [2.75, 3.05) is 17.7 Å². The summed E-state index contributed by atoms with van der Waals surface area (Å²) in [5.41, 5.74) is 3.13. The number of aliphatic carboxylic acids is 1. The van der Waals surface area contributed by atoms with Crippen LogP contribution < -0.4 is 16.0 Å². The zero-order chi connectivity index (χ0) is 38.7. The highest BCUT2D eigenvalue weighted by atomic mass is 35.5. The van der Waals surface area contributed by atoms with Gasteiger partial charge in [0.25, 0.3) is 0 Å². The lowest BCUT2D eigenvalue weighted by molar-refractivity contribution is -0.192. The average Bonchev–Trinajstić information content (AvgIpc) is 3.80. The van der Waals surface area contributed by atoms with E-state index in [1.54, 1.807) is 48.7 Å². The number of ether oxygens (including phenoxy) is 2. The van der Waals surface area contributed by atoms with Crippen molar-refractivity contribution in [2.24, 2.45) is 0 Å². The van der Waals surface area contributed by atoms with E-state index < -0.39 is 48.2 Å². The fourth-order valence-corrected chi connectivity index (χ4v) is 5.16. The summed E-state index contributed by atoms with van der Waals surface area (Å²) in [7, 11) is 1.24. The molecule has 0 aliphatic carbocycles. The Morgan fingerprint density at radius 1 is 1.13 bits per heavy atom. The number of carboxylic acid groups (broad SMARTS) is 1. The van der Waals surface area contributed by atoms with E-state index in [0.29, 0.717) is 64.0 Å². The van der Waals surface area contributed by atoms with E-state index in [4.69, 9.17) is 26.2 Å². The number of amides is 3. The van der Waals surface area contributed by atoms with Gasteiger partial charge in [-0.3, -0.25) is 19.7 Å². The summed E-state index contributed by atoms with van der Waals surface area (Å²) in [6.07, 6.45) is 0.736. The van der Waals surface area contributed by atoms with Crippen LogP contribution in [-0.4, -0.2) is 84.5 Å². The molecular weight excluding hydrogens is 731 g/mol. The molecule has 0 saturated carbocycles. The Hall–Kier alpha value is -6.31. The van der Waals surface area contributed by atoms with Gasteiger partial charge in [-0.15, -0.1) is 5.10 Å². The maximum absolute atomic E-state index is 13.2. The predicted molar refractivity (Wildman–Crippen MR) is 180 cm³/mol. The van der Waals surface area contributed by atoms with Gasteiger partial charge in [0.2, 0.25) is 11.8 Å². The summed E-state index contributed by atoms with van der Waals surface area (Å²) >= 11 is 6.21. The number of tetrazole rings is 1. The van der Waals surface area contributed by atoms with Crippen molar-refractivity contribution in [3.8, 4) is 16.9 Å². The molecule has 17 nitrogen and oxygen atoms in total. The minimum atomic E-state index is -5.08. The van der Waals surface area contributed by atoms with Crippen LogP contribution in [0.5, 0.6) is 0 Å². The maximum atomic E-state index is 13.2. The molecule has 2 aromatic carbocycles. The Balaban J connectivity index is 0.000000815. The van der Waals surface area contributed by atoms with Crippen LogP contribution in [0.25, 0.3) is 23.0 Å². The Morgan fingerprint density at radius 3 is 2.55 bits per heavy atom. The van der Waals surface area contributed by atoms with Crippen LogP contribution in [0.4, 0.5) is 29.3 Å². The topological polar surface area (TPSA) is 232 Å². The summed E-state index contributed by atoms with van der Waals surface area (Å²) in [6.45, 7) is 1.28. The van der Waals surface area contributed by atoms with Crippen molar-refractivity contribution in [3.63, 3.8) is 0 Å². The van der Waals surface area contributed by atoms with Gasteiger partial charge < -0.3 is 30.2 Å². The zero-order valence-corrected chi connectivity index (χ0v) is 28.6. The number of H-pyrrole nitrogens is 1. The lowest BCUT2D eigenvalue weighted by Gasteiger charge is -2.19. The van der Waals surface area contributed by atoms with Crippen LogP contribution in [0.15, 0.2) is 55.0 Å². The Bertz CT molecular complexity index is 1990. The van der Waals surface area contributed by atoms with E-state index in [0.717, 1.165) is 0 Å². The lowest BCUT2D eigenvalue weighted by Crippen LogP contribution is -2.28. The minimum absolute atomic E-state index is 0.0931. The van der Waals surface area contributed by atoms with Crippen molar-refractivity contribution < 1.29 is 51.7 Å². The molecule has 1 aliphatic rings. The second-order valence-electron chi connectivity index (χ2n) is 11.1. The standard InChI is InChI=1S/C30H30ClN9O6.C2HF3O2/c1-17(41)46-21-4-3-5-23(35-27(42)11-6-18-12-19(31)7-10-26(18)40-16-33-38-39-40)29-32-15-25(37-29)22-9-8-20(34-30(44)45-2)13-24(22)36-28(43)14-21;3-2(4,5)1(6)7/h6-13,15-16,21,23H,3-5,14H2,1-2H3,(H,32,37)(H,34,44)(H,35,42)(H,36,43);(H,6,7)/b11-6+;/t21-,23?;/m0./s1. The maximum Gasteiger partial charge on any atom is 0.490 e. The van der Waals surface area contributed by atoms with Crippen LogP contribution in [0.1, 0.15) is 50.0 Å². The Kier molecular flexibility index (Phi) is 13.2. The van der Waals surface area contributed by atoms with E-state index in [1.165, 1.54) is 31.1 Å². The molecule has 0 spiro atoms. The number of benzene rings is 2. The molecule has 0 radical (unpaired) electrons. The molecular formula is C32H31ClF3N9O8. The smallest absolute Gasteiger partial charge is 0.475 e. The number of nitrogens with one attached hydrogen (secondary N) is 4. The lowest BCUT2D eigenvalue weighted by atomic mass is 10.0. The molecule has 1 aliphatic heterocycles. The van der Waals surface area contributed by atoms with Crippen LogP contribution in [-0.2, 0) is 28.7 Å². The van der Waals surface area contributed by atoms with Gasteiger partial charge in [0.15, 0.2) is 0 Å². The second-order valence-corrected chi connectivity index (χ2v) is 11.6. The molecule has 1 unspecified atom stereocenters. The summed E-state index contributed by atoms with van der Waals surface area (Å²) in [6, 6.07) is 9.48. The molecule has 4 aromatic rings. The number of carbonyl (C=O) groups is 5. The minimum Gasteiger partial charge on any atom is -0.475 e. The molecule has 0 fully saturated rings. The number of anilines is 2. The average molecular weight is 762 g/mol. The normalized spacial score (nSPS) is 15.9. The number of rotatable bonds is 6. The van der Waals surface area contributed by atoms with Crippen molar-refractivity contribution in [1.82, 2.24) is 35.5 Å². The van der Waals surface area contributed by atoms with Gasteiger partial charge in [-0.2, -0.15) is 17.9 Å². The van der Waals surface area contributed by atoms with Crippen LogP contribution >= 0.6 is 11.6 Å². The fourth-order valence-electron chi connectivity index (χ4n) is 4.98. The predicted octanol–water partition coefficient (Wildman–Crippen LogP) is 4.83. The molecule has 0 saturated heterocycles. The summed E-state index contributed by atoms with van der Waals surface area (Å²) in [5, 5.41) is 27.3. The number of carbonyl (C=O) groups excluding carboxylic acids is 4. The molecule has 2 atom stereocenters. The third-order valence-electron chi connectivity index (χ3n) is 7.26. The highest BCUT2D eigenvalue weighted by molar-refractivity contribution is 6.30. The fraction of sp³-hybridized carbons (Fsp3) is 0.281. The third-order valence-corrected chi connectivity index (χ3v) is 7.50. The van der Waals surface area contributed by atoms with Gasteiger partial charge in [0, 0.05) is 34.8 Å². The van der Waals surface area contributed by atoms with Gasteiger partial charge >= 0.3 is 24.2 Å². The van der Waals surface area contributed by atoms with Crippen LogP contribution in [0, 0.1) is 0 Å².